The van der Waals surface area contributed by atoms with Gasteiger partial charge in [-0.3, -0.25) is 14.3 Å². The van der Waals surface area contributed by atoms with Crippen LogP contribution >= 0.6 is 0 Å². The first-order valence-corrected chi connectivity index (χ1v) is 10.5. The summed E-state index contributed by atoms with van der Waals surface area (Å²) in [6, 6.07) is 16.0. The van der Waals surface area contributed by atoms with Crippen molar-refractivity contribution < 1.29 is 28.2 Å². The molecule has 1 N–H and O–H groups in total. The van der Waals surface area contributed by atoms with E-state index in [-0.39, 0.29) is 16.7 Å². The smallest absolute Gasteiger partial charge is 0.338 e. The van der Waals surface area contributed by atoms with E-state index >= 15 is 4.39 Å². The molecule has 0 radical (unpaired) electrons. The van der Waals surface area contributed by atoms with Crippen molar-refractivity contribution in [1.29, 1.82) is 0 Å². The summed E-state index contributed by atoms with van der Waals surface area (Å²) in [5.41, 5.74) is -1.59. The molecule has 178 valence electrons. The van der Waals surface area contributed by atoms with Gasteiger partial charge in [0, 0.05) is 6.20 Å². The molecule has 0 spiro atoms. The van der Waals surface area contributed by atoms with Gasteiger partial charge in [0.05, 0.1) is 11.1 Å². The van der Waals surface area contributed by atoms with Crippen molar-refractivity contribution in [2.75, 3.05) is 6.61 Å². The van der Waals surface area contributed by atoms with E-state index in [9.17, 15) is 19.2 Å². The number of halogens is 1. The van der Waals surface area contributed by atoms with Crippen molar-refractivity contribution in [2.45, 2.75) is 24.6 Å². The Bertz CT molecular complexity index is 1380. The van der Waals surface area contributed by atoms with E-state index in [1.54, 1.807) is 36.4 Å². The Morgan fingerprint density at radius 3 is 2.23 bits per heavy atom. The second-order valence-electron chi connectivity index (χ2n) is 7.56. The molecular formula is C25H19FN2O7. The Morgan fingerprint density at radius 2 is 1.63 bits per heavy atom. The topological polar surface area (TPSA) is 117 Å². The third-order valence-electron chi connectivity index (χ3n) is 5.31. The van der Waals surface area contributed by atoms with E-state index in [0.29, 0.717) is 0 Å². The first-order valence-electron chi connectivity index (χ1n) is 10.5. The van der Waals surface area contributed by atoms with Gasteiger partial charge in [0.15, 0.2) is 18.5 Å². The summed E-state index contributed by atoms with van der Waals surface area (Å²) in [6.45, 7) is -0.475. The van der Waals surface area contributed by atoms with Crippen molar-refractivity contribution in [1.82, 2.24) is 9.55 Å². The molecule has 10 heteroatoms. The molecule has 0 saturated carbocycles. The number of esters is 2. The Balaban J connectivity index is 1.61. The van der Waals surface area contributed by atoms with Crippen LogP contribution in [0, 0.1) is 12.3 Å². The molecular weight excluding hydrogens is 459 g/mol. The van der Waals surface area contributed by atoms with Gasteiger partial charge in [0.1, 0.15) is 18.3 Å². The lowest BCUT2D eigenvalue weighted by molar-refractivity contribution is -0.0592. The molecule has 3 aromatic rings. The van der Waals surface area contributed by atoms with Gasteiger partial charge in [-0.05, 0) is 24.3 Å². The van der Waals surface area contributed by atoms with Crippen molar-refractivity contribution in [3.05, 3.63) is 104 Å². The first kappa shape index (κ1) is 23.7. The molecule has 1 saturated heterocycles. The van der Waals surface area contributed by atoms with Gasteiger partial charge >= 0.3 is 17.6 Å². The molecule has 35 heavy (non-hydrogen) atoms. The number of terminal acetylenes is 1. The van der Waals surface area contributed by atoms with Crippen LogP contribution in [0.3, 0.4) is 0 Å². The third kappa shape index (κ3) is 5.05. The SMILES string of the molecule is C#Cc1cn([C@@H]2O[C@H](COC(=O)c3ccccc3)[C@@H](OC(=O)c3ccccc3)[C@@H]2F)c(=O)[nH]c1=O. The predicted molar refractivity (Wildman–Crippen MR) is 120 cm³/mol. The molecule has 0 bridgehead atoms. The highest BCUT2D eigenvalue weighted by Crippen LogP contribution is 2.34. The number of rotatable bonds is 6. The number of nitrogens with zero attached hydrogens (tertiary/aromatic N) is 1. The highest BCUT2D eigenvalue weighted by molar-refractivity contribution is 5.90. The average molecular weight is 478 g/mol. The zero-order valence-electron chi connectivity index (χ0n) is 18.1. The zero-order chi connectivity index (χ0) is 24.9. The summed E-state index contributed by atoms with van der Waals surface area (Å²) >= 11 is 0. The van der Waals surface area contributed by atoms with E-state index in [0.717, 1.165) is 10.8 Å². The Labute approximate surface area is 198 Å². The highest BCUT2D eigenvalue weighted by Gasteiger charge is 2.49. The Hall–Kier alpha value is -4.49. The molecule has 0 unspecified atom stereocenters. The fraction of sp³-hybridized carbons (Fsp3) is 0.200. The zero-order valence-corrected chi connectivity index (χ0v) is 18.1. The summed E-state index contributed by atoms with van der Waals surface area (Å²) in [6.07, 6.45) is -0.211. The van der Waals surface area contributed by atoms with Gasteiger partial charge in [0.25, 0.3) is 5.56 Å². The molecule has 0 aliphatic carbocycles. The lowest BCUT2D eigenvalue weighted by Gasteiger charge is -2.19. The third-order valence-corrected chi connectivity index (χ3v) is 5.31. The number of hydrogen-bond donors (Lipinski definition) is 1. The van der Waals surface area contributed by atoms with Gasteiger partial charge in [-0.25, -0.2) is 18.8 Å². The normalized spacial score (nSPS) is 21.1. The number of nitrogens with one attached hydrogen (secondary N) is 1. The van der Waals surface area contributed by atoms with Crippen molar-refractivity contribution in [2.24, 2.45) is 0 Å². The number of carbonyl (C=O) groups excluding carboxylic acids is 2. The molecule has 9 nitrogen and oxygen atoms in total. The molecule has 1 aliphatic rings. The summed E-state index contributed by atoms with van der Waals surface area (Å²) in [4.78, 5) is 51.1. The maximum Gasteiger partial charge on any atom is 0.338 e. The average Bonchev–Trinajstić information content (AvgIpc) is 3.18. The summed E-state index contributed by atoms with van der Waals surface area (Å²) < 4.78 is 32.6. The fourth-order valence-electron chi connectivity index (χ4n) is 3.55. The summed E-state index contributed by atoms with van der Waals surface area (Å²) in [5, 5.41) is 0. The van der Waals surface area contributed by atoms with E-state index in [2.05, 4.69) is 5.92 Å². The van der Waals surface area contributed by atoms with Crippen LogP contribution in [0.4, 0.5) is 4.39 Å². The second kappa shape index (κ2) is 10.2. The van der Waals surface area contributed by atoms with Gasteiger partial charge in [-0.2, -0.15) is 0 Å². The van der Waals surface area contributed by atoms with Crippen LogP contribution in [-0.4, -0.2) is 46.5 Å². The molecule has 4 rings (SSSR count). The maximum atomic E-state index is 15.6. The van der Waals surface area contributed by atoms with Gasteiger partial charge in [0.2, 0.25) is 0 Å². The number of H-pyrrole nitrogens is 1. The van der Waals surface area contributed by atoms with E-state index < -0.39 is 54.4 Å². The fourth-order valence-corrected chi connectivity index (χ4v) is 3.55. The van der Waals surface area contributed by atoms with Gasteiger partial charge < -0.3 is 14.2 Å². The lowest BCUT2D eigenvalue weighted by atomic mass is 10.1. The van der Waals surface area contributed by atoms with Crippen molar-refractivity contribution in [3.63, 3.8) is 0 Å². The minimum Gasteiger partial charge on any atom is -0.459 e. The van der Waals surface area contributed by atoms with Gasteiger partial charge in [-0.1, -0.05) is 42.3 Å². The number of aromatic nitrogens is 2. The molecule has 2 heterocycles. The number of alkyl halides is 1. The van der Waals surface area contributed by atoms with Crippen LogP contribution in [-0.2, 0) is 14.2 Å². The van der Waals surface area contributed by atoms with E-state index in [1.165, 1.54) is 24.3 Å². The van der Waals surface area contributed by atoms with E-state index in [1.807, 2.05) is 4.98 Å². The van der Waals surface area contributed by atoms with Crippen LogP contribution in [0.25, 0.3) is 0 Å². The minimum atomic E-state index is -2.06. The molecule has 1 aromatic heterocycles. The molecule has 0 amide bonds. The van der Waals surface area contributed by atoms with Gasteiger partial charge in [-0.15, -0.1) is 6.42 Å². The summed E-state index contributed by atoms with van der Waals surface area (Å²) in [5.74, 6) is 0.569. The number of hydrogen-bond acceptors (Lipinski definition) is 7. The number of carbonyl (C=O) groups is 2. The number of benzene rings is 2. The van der Waals surface area contributed by atoms with Crippen LogP contribution < -0.4 is 11.2 Å². The van der Waals surface area contributed by atoms with Crippen LogP contribution in [0.1, 0.15) is 32.5 Å². The van der Waals surface area contributed by atoms with Crippen LogP contribution in [0.2, 0.25) is 0 Å². The molecule has 4 atom stereocenters. The molecule has 1 fully saturated rings. The van der Waals surface area contributed by atoms with E-state index in [4.69, 9.17) is 20.6 Å². The number of aromatic amines is 1. The maximum absolute atomic E-state index is 15.6. The predicted octanol–water partition coefficient (Wildman–Crippen LogP) is 1.84. The van der Waals surface area contributed by atoms with Crippen molar-refractivity contribution >= 4 is 11.9 Å². The second-order valence-corrected chi connectivity index (χ2v) is 7.56. The monoisotopic (exact) mass is 478 g/mol. The largest absolute Gasteiger partial charge is 0.459 e. The van der Waals surface area contributed by atoms with Crippen LogP contribution in [0.15, 0.2) is 76.4 Å². The Kier molecular flexibility index (Phi) is 6.89. The van der Waals surface area contributed by atoms with Crippen molar-refractivity contribution in [3.8, 4) is 12.3 Å². The van der Waals surface area contributed by atoms with Crippen LogP contribution in [0.5, 0.6) is 0 Å². The molecule has 2 aromatic carbocycles. The lowest BCUT2D eigenvalue weighted by Crippen LogP contribution is -2.39. The highest BCUT2D eigenvalue weighted by atomic mass is 19.1. The number of ether oxygens (including phenoxy) is 3. The first-order chi connectivity index (χ1) is 16.9. The Morgan fingerprint density at radius 1 is 1.03 bits per heavy atom. The molecule has 1 aliphatic heterocycles. The summed E-state index contributed by atoms with van der Waals surface area (Å²) in [7, 11) is 0. The standard InChI is InChI=1S/C25H19FN2O7/c1-2-15-13-28(25(32)27-21(15)29)22-19(26)20(35-24(31)17-11-7-4-8-12-17)18(34-22)14-33-23(30)16-9-5-3-6-10-16/h1,3-13,18-20,22H,14H2,(H,27,29,32)/t18-,19+,20-,22-/m1/s1. The minimum absolute atomic E-state index is 0.166. The quantitative estimate of drug-likeness (QED) is 0.424.